The van der Waals surface area contributed by atoms with Crippen molar-refractivity contribution in [3.05, 3.63) is 52.0 Å². The van der Waals surface area contributed by atoms with E-state index in [0.29, 0.717) is 6.54 Å². The summed E-state index contributed by atoms with van der Waals surface area (Å²) in [5.74, 6) is -0.186. The molecule has 2 aromatic rings. The average molecular weight is 303 g/mol. The first-order chi connectivity index (χ1) is 9.88. The SMILES string of the molecule is CC(C)(C)c1csc(CNC(=O)C(N)c2ccccc2)n1. The van der Waals surface area contributed by atoms with Gasteiger partial charge in [-0.25, -0.2) is 4.98 Å². The van der Waals surface area contributed by atoms with Gasteiger partial charge in [0.1, 0.15) is 11.0 Å². The standard InChI is InChI=1S/C16H21N3OS/c1-16(2,3)12-10-21-13(19-12)9-18-15(20)14(17)11-7-5-4-6-8-11/h4-8,10,14H,9,17H2,1-3H3,(H,18,20). The van der Waals surface area contributed by atoms with Gasteiger partial charge in [-0.3, -0.25) is 4.79 Å². The molecule has 0 saturated carbocycles. The molecule has 0 aliphatic carbocycles. The van der Waals surface area contributed by atoms with Crippen LogP contribution in [0.4, 0.5) is 0 Å². The smallest absolute Gasteiger partial charge is 0.241 e. The number of benzene rings is 1. The zero-order valence-corrected chi connectivity index (χ0v) is 13.4. The maximum atomic E-state index is 12.1. The normalized spacial score (nSPS) is 13.0. The molecule has 4 nitrogen and oxygen atoms in total. The first-order valence-corrected chi connectivity index (χ1v) is 7.79. The van der Waals surface area contributed by atoms with Gasteiger partial charge < -0.3 is 11.1 Å². The van der Waals surface area contributed by atoms with Crippen LogP contribution < -0.4 is 11.1 Å². The second kappa shape index (κ2) is 6.37. The van der Waals surface area contributed by atoms with Gasteiger partial charge in [0.15, 0.2) is 0 Å². The van der Waals surface area contributed by atoms with Crippen LogP contribution in [-0.2, 0) is 16.8 Å². The summed E-state index contributed by atoms with van der Waals surface area (Å²) in [6, 6.07) is 8.71. The number of carbonyl (C=O) groups is 1. The highest BCUT2D eigenvalue weighted by molar-refractivity contribution is 7.09. The molecule has 0 aliphatic heterocycles. The molecule has 1 unspecified atom stereocenters. The minimum Gasteiger partial charge on any atom is -0.348 e. The van der Waals surface area contributed by atoms with Crippen molar-refractivity contribution < 1.29 is 4.79 Å². The Morgan fingerprint density at radius 1 is 1.33 bits per heavy atom. The van der Waals surface area contributed by atoms with Crippen molar-refractivity contribution in [2.24, 2.45) is 5.73 Å². The van der Waals surface area contributed by atoms with Gasteiger partial charge in [-0.2, -0.15) is 0 Å². The van der Waals surface area contributed by atoms with E-state index in [-0.39, 0.29) is 11.3 Å². The minimum atomic E-state index is -0.645. The molecule has 5 heteroatoms. The number of carbonyl (C=O) groups excluding carboxylic acids is 1. The van der Waals surface area contributed by atoms with E-state index in [4.69, 9.17) is 5.73 Å². The first kappa shape index (κ1) is 15.7. The van der Waals surface area contributed by atoms with Gasteiger partial charge in [-0.1, -0.05) is 51.1 Å². The third kappa shape index (κ3) is 4.12. The van der Waals surface area contributed by atoms with Crippen molar-refractivity contribution in [3.8, 4) is 0 Å². The summed E-state index contributed by atoms with van der Waals surface area (Å²) in [7, 11) is 0. The van der Waals surface area contributed by atoms with Crippen molar-refractivity contribution in [2.45, 2.75) is 38.8 Å². The molecule has 0 bridgehead atoms. The topological polar surface area (TPSA) is 68.0 Å². The third-order valence-electron chi connectivity index (χ3n) is 3.18. The summed E-state index contributed by atoms with van der Waals surface area (Å²) in [5.41, 5.74) is 7.83. The quantitative estimate of drug-likeness (QED) is 0.912. The van der Waals surface area contributed by atoms with E-state index < -0.39 is 6.04 Å². The van der Waals surface area contributed by atoms with E-state index in [2.05, 4.69) is 31.1 Å². The predicted octanol–water partition coefficient (Wildman–Crippen LogP) is 2.76. The molecular formula is C16H21N3OS. The monoisotopic (exact) mass is 303 g/mol. The van der Waals surface area contributed by atoms with E-state index in [1.807, 2.05) is 35.7 Å². The van der Waals surface area contributed by atoms with Gasteiger partial charge in [0.05, 0.1) is 12.2 Å². The number of rotatable bonds is 4. The fourth-order valence-corrected chi connectivity index (χ4v) is 2.78. The second-order valence-corrected chi connectivity index (χ2v) is 6.93. The van der Waals surface area contributed by atoms with Gasteiger partial charge in [0, 0.05) is 10.8 Å². The van der Waals surface area contributed by atoms with E-state index in [9.17, 15) is 4.79 Å². The lowest BCUT2D eigenvalue weighted by Gasteiger charge is -2.14. The van der Waals surface area contributed by atoms with Crippen LogP contribution in [-0.4, -0.2) is 10.9 Å². The van der Waals surface area contributed by atoms with Gasteiger partial charge >= 0.3 is 0 Å². The molecule has 0 radical (unpaired) electrons. The van der Waals surface area contributed by atoms with E-state index >= 15 is 0 Å². The summed E-state index contributed by atoms with van der Waals surface area (Å²) in [5, 5.41) is 5.78. The molecule has 3 N–H and O–H groups in total. The fraction of sp³-hybridized carbons (Fsp3) is 0.375. The molecule has 0 saturated heterocycles. The summed E-state index contributed by atoms with van der Waals surface area (Å²) in [4.78, 5) is 16.6. The average Bonchev–Trinajstić information content (AvgIpc) is 2.94. The minimum absolute atomic E-state index is 0.0270. The van der Waals surface area contributed by atoms with E-state index in [1.165, 1.54) is 0 Å². The Kier molecular flexibility index (Phi) is 4.75. The highest BCUT2D eigenvalue weighted by Gasteiger charge is 2.19. The van der Waals surface area contributed by atoms with Gasteiger partial charge in [0.2, 0.25) is 5.91 Å². The van der Waals surface area contributed by atoms with Crippen molar-refractivity contribution in [1.29, 1.82) is 0 Å². The Morgan fingerprint density at radius 3 is 2.57 bits per heavy atom. The fourth-order valence-electron chi connectivity index (χ4n) is 1.82. The Labute approximate surface area is 129 Å². The second-order valence-electron chi connectivity index (χ2n) is 5.98. The van der Waals surface area contributed by atoms with Gasteiger partial charge in [0.25, 0.3) is 0 Å². The number of nitrogens with zero attached hydrogens (tertiary/aromatic N) is 1. The summed E-state index contributed by atoms with van der Waals surface area (Å²) in [6.45, 7) is 6.78. The van der Waals surface area contributed by atoms with Crippen molar-refractivity contribution in [1.82, 2.24) is 10.3 Å². The number of aromatic nitrogens is 1. The van der Waals surface area contributed by atoms with Crippen molar-refractivity contribution in [3.63, 3.8) is 0 Å². The molecular weight excluding hydrogens is 282 g/mol. The van der Waals surface area contributed by atoms with Crippen LogP contribution in [0.3, 0.4) is 0 Å². The summed E-state index contributed by atoms with van der Waals surface area (Å²) in [6.07, 6.45) is 0. The molecule has 2 rings (SSSR count). The Hall–Kier alpha value is -1.72. The molecule has 1 heterocycles. The van der Waals surface area contributed by atoms with Crippen LogP contribution in [0.25, 0.3) is 0 Å². The maximum Gasteiger partial charge on any atom is 0.241 e. The number of hydrogen-bond donors (Lipinski definition) is 2. The molecule has 112 valence electrons. The number of amides is 1. The third-order valence-corrected chi connectivity index (χ3v) is 4.02. The first-order valence-electron chi connectivity index (χ1n) is 6.91. The molecule has 1 aromatic heterocycles. The number of nitrogens with two attached hydrogens (primary N) is 1. The summed E-state index contributed by atoms with van der Waals surface area (Å²) >= 11 is 1.56. The maximum absolute atomic E-state index is 12.1. The van der Waals surface area contributed by atoms with Gasteiger partial charge in [-0.05, 0) is 5.56 Å². The predicted molar refractivity (Wildman–Crippen MR) is 86.0 cm³/mol. The van der Waals surface area contributed by atoms with Crippen LogP contribution in [0, 0.1) is 0 Å². The van der Waals surface area contributed by atoms with Gasteiger partial charge in [-0.15, -0.1) is 11.3 Å². The van der Waals surface area contributed by atoms with Crippen molar-refractivity contribution >= 4 is 17.2 Å². The van der Waals surface area contributed by atoms with E-state index in [1.54, 1.807) is 11.3 Å². The van der Waals surface area contributed by atoms with Crippen LogP contribution in [0.1, 0.15) is 43.1 Å². The molecule has 1 atom stereocenters. The zero-order valence-electron chi connectivity index (χ0n) is 12.6. The zero-order chi connectivity index (χ0) is 15.5. The molecule has 21 heavy (non-hydrogen) atoms. The lowest BCUT2D eigenvalue weighted by molar-refractivity contribution is -0.122. The van der Waals surface area contributed by atoms with E-state index in [0.717, 1.165) is 16.3 Å². The Balaban J connectivity index is 1.94. The Bertz CT molecular complexity index is 601. The lowest BCUT2D eigenvalue weighted by atomic mass is 9.93. The van der Waals surface area contributed by atoms with Crippen molar-refractivity contribution in [2.75, 3.05) is 0 Å². The molecule has 1 amide bonds. The van der Waals surface area contributed by atoms with Crippen LogP contribution in [0.2, 0.25) is 0 Å². The number of hydrogen-bond acceptors (Lipinski definition) is 4. The highest BCUT2D eigenvalue weighted by atomic mass is 32.1. The molecule has 1 aromatic carbocycles. The number of nitrogens with one attached hydrogen (secondary N) is 1. The number of thiazole rings is 1. The molecule has 0 spiro atoms. The molecule has 0 fully saturated rings. The molecule has 0 aliphatic rings. The largest absolute Gasteiger partial charge is 0.348 e. The summed E-state index contributed by atoms with van der Waals surface area (Å²) < 4.78 is 0. The highest BCUT2D eigenvalue weighted by Crippen LogP contribution is 2.23. The Morgan fingerprint density at radius 2 is 2.00 bits per heavy atom. The van der Waals surface area contributed by atoms with Crippen LogP contribution in [0.15, 0.2) is 35.7 Å². The van der Waals surface area contributed by atoms with Crippen LogP contribution in [0.5, 0.6) is 0 Å². The van der Waals surface area contributed by atoms with Crippen LogP contribution >= 0.6 is 11.3 Å². The lowest BCUT2D eigenvalue weighted by Crippen LogP contribution is -2.33.